The van der Waals surface area contributed by atoms with Crippen molar-refractivity contribution in [2.75, 3.05) is 24.5 Å². The summed E-state index contributed by atoms with van der Waals surface area (Å²) in [4.78, 5) is 23.1. The highest BCUT2D eigenvalue weighted by atomic mass is 16.2. The Morgan fingerprint density at radius 2 is 1.83 bits per heavy atom. The van der Waals surface area contributed by atoms with Crippen LogP contribution in [0.25, 0.3) is 0 Å². The van der Waals surface area contributed by atoms with Crippen molar-refractivity contribution in [3.05, 3.63) is 40.2 Å². The third-order valence-corrected chi connectivity index (χ3v) is 6.42. The normalized spacial score (nSPS) is 16.0. The average molecular weight is 409 g/mol. The zero-order valence-electron chi connectivity index (χ0n) is 19.3. The Balaban J connectivity index is 1.76. The van der Waals surface area contributed by atoms with Crippen LogP contribution in [0.15, 0.2) is 12.1 Å². The number of carbonyl (C=O) groups is 1. The number of benzene rings is 1. The molecule has 0 unspecified atom stereocenters. The molecule has 30 heavy (non-hydrogen) atoms. The van der Waals surface area contributed by atoms with Crippen molar-refractivity contribution in [3.8, 4) is 0 Å². The van der Waals surface area contributed by atoms with E-state index in [0.29, 0.717) is 5.92 Å². The second-order valence-electron chi connectivity index (χ2n) is 9.16. The van der Waals surface area contributed by atoms with Crippen molar-refractivity contribution in [1.29, 1.82) is 0 Å². The van der Waals surface area contributed by atoms with Crippen LogP contribution in [0, 0.1) is 26.7 Å². The van der Waals surface area contributed by atoms with Crippen molar-refractivity contribution >= 4 is 17.5 Å². The molecule has 0 bridgehead atoms. The van der Waals surface area contributed by atoms with Crippen LogP contribution >= 0.6 is 0 Å². The zero-order chi connectivity index (χ0) is 21.4. The van der Waals surface area contributed by atoms with E-state index in [-0.39, 0.29) is 5.91 Å². The summed E-state index contributed by atoms with van der Waals surface area (Å²) in [6, 6.07) is 4.49. The van der Waals surface area contributed by atoms with Gasteiger partial charge in [-0.15, -0.1) is 0 Å². The molecular weight excluding hydrogens is 372 g/mol. The van der Waals surface area contributed by atoms with Crippen LogP contribution in [0.2, 0.25) is 0 Å². The van der Waals surface area contributed by atoms with Crippen molar-refractivity contribution in [3.63, 3.8) is 0 Å². The van der Waals surface area contributed by atoms with E-state index in [0.717, 1.165) is 62.8 Å². The summed E-state index contributed by atoms with van der Waals surface area (Å²) < 4.78 is 2.21. The van der Waals surface area contributed by atoms with Gasteiger partial charge in [-0.05, 0) is 69.9 Å². The average Bonchev–Trinajstić information content (AvgIpc) is 3.43. The number of aromatic nitrogens is 2. The summed E-state index contributed by atoms with van der Waals surface area (Å²) >= 11 is 0. The van der Waals surface area contributed by atoms with Gasteiger partial charge in [-0.1, -0.05) is 31.5 Å². The Morgan fingerprint density at radius 3 is 2.43 bits per heavy atom. The molecule has 0 atom stereocenters. The van der Waals surface area contributed by atoms with Gasteiger partial charge in [0.05, 0.1) is 5.69 Å². The number of rotatable bonds is 7. The van der Waals surface area contributed by atoms with Gasteiger partial charge >= 0.3 is 0 Å². The Bertz CT molecular complexity index is 918. The molecule has 1 aliphatic carbocycles. The van der Waals surface area contributed by atoms with Crippen molar-refractivity contribution in [2.45, 2.75) is 73.3 Å². The Morgan fingerprint density at radius 1 is 1.13 bits per heavy atom. The molecule has 0 saturated heterocycles. The minimum atomic E-state index is 0.179. The lowest BCUT2D eigenvalue weighted by Crippen LogP contribution is -2.37. The molecule has 4 rings (SSSR count). The highest BCUT2D eigenvalue weighted by Crippen LogP contribution is 2.37. The first-order valence-electron chi connectivity index (χ1n) is 11.7. The molecule has 162 valence electrons. The molecule has 2 aromatic rings. The summed E-state index contributed by atoms with van der Waals surface area (Å²) in [5.41, 5.74) is 6.86. The lowest BCUT2D eigenvalue weighted by Gasteiger charge is -2.32. The van der Waals surface area contributed by atoms with Crippen LogP contribution in [0.5, 0.6) is 0 Å². The quantitative estimate of drug-likeness (QED) is 0.634. The van der Waals surface area contributed by atoms with Gasteiger partial charge in [0.2, 0.25) is 5.95 Å². The molecule has 5 nitrogen and oxygen atoms in total. The molecule has 1 aromatic heterocycles. The molecule has 0 radical (unpaired) electrons. The van der Waals surface area contributed by atoms with Crippen LogP contribution in [0.4, 0.5) is 11.6 Å². The summed E-state index contributed by atoms with van der Waals surface area (Å²) in [5.74, 6) is 1.82. The maximum absolute atomic E-state index is 13.7. The molecule has 1 aromatic carbocycles. The molecule has 5 heteroatoms. The van der Waals surface area contributed by atoms with Gasteiger partial charge in [0, 0.05) is 31.9 Å². The van der Waals surface area contributed by atoms with Crippen molar-refractivity contribution in [2.24, 2.45) is 5.92 Å². The van der Waals surface area contributed by atoms with Crippen LogP contribution in [0.3, 0.4) is 0 Å². The number of nitrogens with zero attached hydrogens (tertiary/aromatic N) is 4. The largest absolute Gasteiger partial charge is 0.337 e. The molecule has 1 aliphatic heterocycles. The molecular formula is C25H36N4O. The molecule has 0 spiro atoms. The van der Waals surface area contributed by atoms with Gasteiger partial charge in [0.25, 0.3) is 5.91 Å². The summed E-state index contributed by atoms with van der Waals surface area (Å²) in [6.07, 6.45) is 5.33. The number of fused-ring (bicyclic) bond motifs is 1. The standard InChI is InChI=1S/C25H36N4O/c1-6-11-27(16-20-9-10-20)24(30)23-21(7-2)26-25-28(12-8-13-29(23)25)22-18(4)14-17(3)15-19(22)5/h14-15,20H,6-13,16H2,1-5H3. The fourth-order valence-corrected chi connectivity index (χ4v) is 5.00. The van der Waals surface area contributed by atoms with Crippen LogP contribution in [-0.2, 0) is 13.0 Å². The summed E-state index contributed by atoms with van der Waals surface area (Å²) in [7, 11) is 0. The number of carbonyl (C=O) groups excluding carboxylic acids is 1. The predicted molar refractivity (Wildman–Crippen MR) is 123 cm³/mol. The van der Waals surface area contributed by atoms with Gasteiger partial charge in [-0.2, -0.15) is 0 Å². The van der Waals surface area contributed by atoms with E-state index in [1.807, 2.05) is 0 Å². The molecule has 1 fully saturated rings. The fraction of sp³-hybridized carbons (Fsp3) is 0.600. The minimum Gasteiger partial charge on any atom is -0.337 e. The second kappa shape index (κ2) is 8.44. The molecule has 2 aliphatic rings. The maximum atomic E-state index is 13.7. The van der Waals surface area contributed by atoms with Crippen LogP contribution in [0.1, 0.15) is 72.4 Å². The third kappa shape index (κ3) is 3.86. The van der Waals surface area contributed by atoms with Gasteiger partial charge in [-0.3, -0.25) is 4.79 Å². The van der Waals surface area contributed by atoms with E-state index in [1.54, 1.807) is 0 Å². The summed E-state index contributed by atoms with van der Waals surface area (Å²) in [6.45, 7) is 14.3. The Labute approximate surface area is 181 Å². The van der Waals surface area contributed by atoms with E-state index in [4.69, 9.17) is 4.98 Å². The molecule has 1 saturated carbocycles. The molecule has 2 heterocycles. The van der Waals surface area contributed by atoms with Gasteiger partial charge < -0.3 is 14.4 Å². The van der Waals surface area contributed by atoms with E-state index in [1.165, 1.54) is 35.2 Å². The highest BCUT2D eigenvalue weighted by molar-refractivity contribution is 5.95. The first kappa shape index (κ1) is 21.0. The number of aryl methyl sites for hydroxylation is 4. The number of hydrogen-bond donors (Lipinski definition) is 0. The highest BCUT2D eigenvalue weighted by Gasteiger charge is 2.33. The van der Waals surface area contributed by atoms with E-state index in [2.05, 4.69) is 61.1 Å². The predicted octanol–water partition coefficient (Wildman–Crippen LogP) is 5.17. The molecule has 1 amide bonds. The summed E-state index contributed by atoms with van der Waals surface area (Å²) in [5, 5.41) is 0. The minimum absolute atomic E-state index is 0.179. The van der Waals surface area contributed by atoms with Gasteiger partial charge in [-0.25, -0.2) is 4.98 Å². The second-order valence-corrected chi connectivity index (χ2v) is 9.16. The van der Waals surface area contributed by atoms with Gasteiger partial charge in [0.15, 0.2) is 0 Å². The van der Waals surface area contributed by atoms with Crippen molar-refractivity contribution in [1.82, 2.24) is 14.5 Å². The van der Waals surface area contributed by atoms with E-state index < -0.39 is 0 Å². The first-order chi connectivity index (χ1) is 14.4. The maximum Gasteiger partial charge on any atom is 0.272 e. The number of hydrogen-bond acceptors (Lipinski definition) is 3. The third-order valence-electron chi connectivity index (χ3n) is 6.42. The molecule has 0 N–H and O–H groups in total. The lowest BCUT2D eigenvalue weighted by molar-refractivity contribution is 0.0735. The number of anilines is 2. The Kier molecular flexibility index (Phi) is 5.90. The Hall–Kier alpha value is -2.30. The monoisotopic (exact) mass is 408 g/mol. The first-order valence-corrected chi connectivity index (χ1v) is 11.7. The van der Waals surface area contributed by atoms with E-state index >= 15 is 0 Å². The smallest absolute Gasteiger partial charge is 0.272 e. The lowest BCUT2D eigenvalue weighted by atomic mass is 10.0. The van der Waals surface area contributed by atoms with Crippen molar-refractivity contribution < 1.29 is 4.79 Å². The SMILES string of the molecule is CCCN(CC1CC1)C(=O)c1c(CC)nc2n1CCCN2c1c(C)cc(C)cc1C. The fourth-order valence-electron chi connectivity index (χ4n) is 5.00. The van der Waals surface area contributed by atoms with Crippen LogP contribution < -0.4 is 4.90 Å². The van der Waals surface area contributed by atoms with Gasteiger partial charge in [0.1, 0.15) is 5.69 Å². The van der Waals surface area contributed by atoms with E-state index in [9.17, 15) is 4.79 Å². The zero-order valence-corrected chi connectivity index (χ0v) is 19.3. The van der Waals surface area contributed by atoms with Crippen LogP contribution in [-0.4, -0.2) is 40.0 Å². The topological polar surface area (TPSA) is 41.4 Å². The number of imidazole rings is 1. The number of amides is 1.